The molecule has 1 aromatic rings. The fourth-order valence-corrected chi connectivity index (χ4v) is 1.85. The Kier molecular flexibility index (Phi) is 5.79. The maximum atomic E-state index is 12.2. The monoisotopic (exact) mass is 285 g/mol. The molecule has 1 atom stereocenters. The fraction of sp³-hybridized carbons (Fsp3) is 0.500. The number of rotatable bonds is 6. The van der Waals surface area contributed by atoms with E-state index >= 15 is 0 Å². The Bertz CT molecular complexity index is 404. The Morgan fingerprint density at radius 2 is 1.84 bits per heavy atom. The molecule has 0 heterocycles. The smallest absolute Gasteiger partial charge is 0.241 e. The highest BCUT2D eigenvalue weighted by molar-refractivity contribution is 6.30. The number of halogens is 1. The minimum absolute atomic E-state index is 0.300. The number of hydrogen-bond acceptors (Lipinski definition) is 3. The van der Waals surface area contributed by atoms with Gasteiger partial charge in [0.25, 0.3) is 0 Å². The van der Waals surface area contributed by atoms with Gasteiger partial charge in [0, 0.05) is 6.54 Å². The van der Waals surface area contributed by atoms with Gasteiger partial charge in [-0.1, -0.05) is 30.3 Å². The van der Waals surface area contributed by atoms with E-state index in [1.807, 2.05) is 30.3 Å². The first-order valence-electron chi connectivity index (χ1n) is 6.16. The van der Waals surface area contributed by atoms with Crippen LogP contribution in [-0.2, 0) is 11.3 Å². The Hall–Kier alpha value is -1.10. The zero-order valence-electron chi connectivity index (χ0n) is 11.2. The van der Waals surface area contributed by atoms with Crippen molar-refractivity contribution in [2.45, 2.75) is 31.3 Å². The van der Waals surface area contributed by atoms with Crippen molar-refractivity contribution in [1.82, 2.24) is 4.90 Å². The first kappa shape index (κ1) is 16.0. The molecule has 0 saturated heterocycles. The molecule has 0 aliphatic rings. The summed E-state index contributed by atoms with van der Waals surface area (Å²) in [6.45, 7) is 2.86. The van der Waals surface area contributed by atoms with Crippen LogP contribution in [0.2, 0.25) is 0 Å². The van der Waals surface area contributed by atoms with Crippen LogP contribution in [0, 0.1) is 0 Å². The van der Waals surface area contributed by atoms with Gasteiger partial charge < -0.3 is 15.1 Å². The zero-order valence-corrected chi connectivity index (χ0v) is 12.0. The van der Waals surface area contributed by atoms with Crippen LogP contribution in [0.1, 0.15) is 19.4 Å². The summed E-state index contributed by atoms with van der Waals surface area (Å²) in [5.41, 5.74) is -0.114. The second-order valence-electron chi connectivity index (χ2n) is 4.84. The summed E-state index contributed by atoms with van der Waals surface area (Å²) in [5, 5.41) is 18.2. The molecule has 1 unspecified atom stereocenters. The van der Waals surface area contributed by atoms with E-state index in [9.17, 15) is 15.0 Å². The summed E-state index contributed by atoms with van der Waals surface area (Å²) < 4.78 is 0. The molecule has 1 amide bonds. The fourth-order valence-electron chi connectivity index (χ4n) is 1.74. The maximum Gasteiger partial charge on any atom is 0.241 e. The average molecular weight is 286 g/mol. The number of aliphatic hydroxyl groups is 2. The van der Waals surface area contributed by atoms with Gasteiger partial charge in [0.05, 0.1) is 18.8 Å². The third-order valence-corrected chi connectivity index (χ3v) is 3.31. The topological polar surface area (TPSA) is 60.8 Å². The summed E-state index contributed by atoms with van der Waals surface area (Å²) in [6, 6.07) is 9.40. The van der Waals surface area contributed by atoms with E-state index < -0.39 is 10.9 Å². The molecule has 0 aliphatic carbocycles. The van der Waals surface area contributed by atoms with Gasteiger partial charge in [0.15, 0.2) is 0 Å². The number of aliphatic hydroxyl groups excluding tert-OH is 2. The standard InChI is InChI=1S/C14H20ClNO3/c1-11(15)13(19)16(14(2,9-17)10-18)8-12-6-4-3-5-7-12/h3-7,11,17-18H,8-10H2,1-2H3. The molecule has 5 heteroatoms. The van der Waals surface area contributed by atoms with Crippen molar-refractivity contribution in [3.63, 3.8) is 0 Å². The molecule has 0 radical (unpaired) electrons. The molecule has 0 bridgehead atoms. The van der Waals surface area contributed by atoms with Crippen molar-refractivity contribution in [1.29, 1.82) is 0 Å². The van der Waals surface area contributed by atoms with Crippen LogP contribution in [0.5, 0.6) is 0 Å². The summed E-state index contributed by atoms with van der Waals surface area (Å²) in [7, 11) is 0. The van der Waals surface area contributed by atoms with Crippen LogP contribution < -0.4 is 0 Å². The third-order valence-electron chi connectivity index (χ3n) is 3.12. The van der Waals surface area contributed by atoms with E-state index in [1.54, 1.807) is 13.8 Å². The number of alkyl halides is 1. The summed E-state index contributed by atoms with van der Waals surface area (Å²) >= 11 is 5.85. The molecule has 2 N–H and O–H groups in total. The lowest BCUT2D eigenvalue weighted by atomic mass is 10.0. The van der Waals surface area contributed by atoms with E-state index in [2.05, 4.69) is 0 Å². The quantitative estimate of drug-likeness (QED) is 0.777. The van der Waals surface area contributed by atoms with E-state index in [-0.39, 0.29) is 19.1 Å². The lowest BCUT2D eigenvalue weighted by Crippen LogP contribution is -2.56. The van der Waals surface area contributed by atoms with Crippen molar-refractivity contribution >= 4 is 17.5 Å². The molecule has 0 aliphatic heterocycles. The second kappa shape index (κ2) is 6.89. The number of nitrogens with zero attached hydrogens (tertiary/aromatic N) is 1. The summed E-state index contributed by atoms with van der Waals surface area (Å²) in [6.07, 6.45) is 0. The van der Waals surface area contributed by atoms with Gasteiger partial charge in [-0.3, -0.25) is 4.79 Å². The van der Waals surface area contributed by atoms with Gasteiger partial charge in [-0.2, -0.15) is 0 Å². The van der Waals surface area contributed by atoms with Gasteiger partial charge in [-0.25, -0.2) is 0 Å². The highest BCUT2D eigenvalue weighted by atomic mass is 35.5. The Morgan fingerprint density at radius 3 is 2.26 bits per heavy atom. The Labute approximate surface area is 118 Å². The molecular formula is C14H20ClNO3. The number of carbonyl (C=O) groups excluding carboxylic acids is 1. The Morgan fingerprint density at radius 1 is 1.32 bits per heavy atom. The largest absolute Gasteiger partial charge is 0.394 e. The number of benzene rings is 1. The zero-order chi connectivity index (χ0) is 14.5. The summed E-state index contributed by atoms with van der Waals surface area (Å²) in [4.78, 5) is 13.6. The molecule has 0 fully saturated rings. The van der Waals surface area contributed by atoms with Gasteiger partial charge >= 0.3 is 0 Å². The molecule has 19 heavy (non-hydrogen) atoms. The van der Waals surface area contributed by atoms with Crippen LogP contribution in [0.3, 0.4) is 0 Å². The van der Waals surface area contributed by atoms with Gasteiger partial charge in [-0.05, 0) is 19.4 Å². The van der Waals surface area contributed by atoms with Gasteiger partial charge in [0.2, 0.25) is 5.91 Å². The van der Waals surface area contributed by atoms with E-state index in [0.29, 0.717) is 6.54 Å². The van der Waals surface area contributed by atoms with E-state index in [1.165, 1.54) is 4.90 Å². The minimum atomic E-state index is -1.03. The van der Waals surface area contributed by atoms with Crippen LogP contribution in [-0.4, -0.2) is 45.1 Å². The Balaban J connectivity index is 3.03. The van der Waals surface area contributed by atoms with Crippen LogP contribution in [0.4, 0.5) is 0 Å². The molecule has 1 rings (SSSR count). The first-order chi connectivity index (χ1) is 8.94. The third kappa shape index (κ3) is 3.93. The van der Waals surface area contributed by atoms with Crippen LogP contribution in [0.15, 0.2) is 30.3 Å². The van der Waals surface area contributed by atoms with Crippen molar-refractivity contribution in [3.8, 4) is 0 Å². The lowest BCUT2D eigenvalue weighted by molar-refractivity contribution is -0.141. The molecule has 106 valence electrons. The number of carbonyl (C=O) groups is 1. The second-order valence-corrected chi connectivity index (χ2v) is 5.49. The highest BCUT2D eigenvalue weighted by Crippen LogP contribution is 2.20. The SMILES string of the molecule is CC(Cl)C(=O)N(Cc1ccccc1)C(C)(CO)CO. The normalized spacial score (nSPS) is 13.1. The van der Waals surface area contributed by atoms with Crippen molar-refractivity contribution in [3.05, 3.63) is 35.9 Å². The minimum Gasteiger partial charge on any atom is -0.394 e. The maximum absolute atomic E-state index is 12.2. The first-order valence-corrected chi connectivity index (χ1v) is 6.59. The van der Waals surface area contributed by atoms with Crippen LogP contribution in [0.25, 0.3) is 0 Å². The van der Waals surface area contributed by atoms with Crippen LogP contribution >= 0.6 is 11.6 Å². The lowest BCUT2D eigenvalue weighted by Gasteiger charge is -2.39. The van der Waals surface area contributed by atoms with E-state index in [4.69, 9.17) is 11.6 Å². The molecule has 4 nitrogen and oxygen atoms in total. The highest BCUT2D eigenvalue weighted by Gasteiger charge is 2.35. The van der Waals surface area contributed by atoms with E-state index in [0.717, 1.165) is 5.56 Å². The molecule has 0 saturated carbocycles. The molecule has 1 aromatic carbocycles. The number of amides is 1. The number of hydrogen-bond donors (Lipinski definition) is 2. The molecular weight excluding hydrogens is 266 g/mol. The average Bonchev–Trinajstić information content (AvgIpc) is 2.44. The van der Waals surface area contributed by atoms with Gasteiger partial charge in [-0.15, -0.1) is 11.6 Å². The molecule has 0 aromatic heterocycles. The predicted molar refractivity (Wildman–Crippen MR) is 74.9 cm³/mol. The van der Waals surface area contributed by atoms with Crippen molar-refractivity contribution in [2.75, 3.05) is 13.2 Å². The van der Waals surface area contributed by atoms with Crippen molar-refractivity contribution in [2.24, 2.45) is 0 Å². The predicted octanol–water partition coefficient (Wildman–Crippen LogP) is 1.39. The summed E-state index contributed by atoms with van der Waals surface area (Å²) in [5.74, 6) is -0.309. The van der Waals surface area contributed by atoms with Crippen molar-refractivity contribution < 1.29 is 15.0 Å². The van der Waals surface area contributed by atoms with Gasteiger partial charge in [0.1, 0.15) is 5.38 Å². The molecule has 0 spiro atoms.